The van der Waals surface area contributed by atoms with Crippen molar-refractivity contribution in [3.05, 3.63) is 57.1 Å². The average Bonchev–Trinajstić information content (AvgIpc) is 2.80. The lowest BCUT2D eigenvalue weighted by Crippen LogP contribution is -2.06. The van der Waals surface area contributed by atoms with Crippen molar-refractivity contribution in [1.82, 2.24) is 0 Å². The highest BCUT2D eigenvalue weighted by molar-refractivity contribution is 7.83. The van der Waals surface area contributed by atoms with Gasteiger partial charge in [0.15, 0.2) is 0 Å². The topological polar surface area (TPSA) is 0 Å². The third-order valence-corrected chi connectivity index (χ3v) is 6.69. The van der Waals surface area contributed by atoms with E-state index >= 15 is 0 Å². The molecular weight excluding hydrogens is 304 g/mol. The third-order valence-electron chi connectivity index (χ3n) is 5.39. The maximum absolute atomic E-state index is 4.72. The molecule has 2 atom stereocenters. The Hall–Kier alpha value is -0.860. The van der Waals surface area contributed by atoms with Gasteiger partial charge in [0.25, 0.3) is 0 Å². The normalized spacial score (nSPS) is 20.3. The summed E-state index contributed by atoms with van der Waals surface area (Å²) in [6.45, 7) is 11.1. The molecule has 0 fully saturated rings. The summed E-state index contributed by atoms with van der Waals surface area (Å²) < 4.78 is 0. The molecule has 0 amide bonds. The van der Waals surface area contributed by atoms with E-state index in [2.05, 4.69) is 65.4 Å². The van der Waals surface area contributed by atoms with Crippen LogP contribution in [0.5, 0.6) is 0 Å². The van der Waals surface area contributed by atoms with E-state index in [4.69, 9.17) is 12.6 Å². The predicted molar refractivity (Wildman–Crippen MR) is 101 cm³/mol. The summed E-state index contributed by atoms with van der Waals surface area (Å²) in [7, 11) is 0. The first-order valence-electron chi connectivity index (χ1n) is 7.95. The van der Waals surface area contributed by atoms with Gasteiger partial charge in [-0.3, -0.25) is 0 Å². The highest BCUT2D eigenvalue weighted by Gasteiger charge is 2.32. The van der Waals surface area contributed by atoms with Gasteiger partial charge in [0, 0.05) is 15.7 Å². The maximum atomic E-state index is 4.72. The zero-order valence-electron chi connectivity index (χ0n) is 14.0. The molecule has 1 aliphatic rings. The Morgan fingerprint density at radius 2 is 1.50 bits per heavy atom. The molecule has 22 heavy (non-hydrogen) atoms. The zero-order chi connectivity index (χ0) is 16.2. The lowest BCUT2D eigenvalue weighted by atomic mass is 9.84. The van der Waals surface area contributed by atoms with Gasteiger partial charge in [0.2, 0.25) is 0 Å². The van der Waals surface area contributed by atoms with Gasteiger partial charge in [-0.15, -0.1) is 25.3 Å². The molecule has 0 saturated heterocycles. The van der Waals surface area contributed by atoms with Crippen molar-refractivity contribution in [1.29, 1.82) is 0 Å². The largest absolute Gasteiger partial charge is 0.142 e. The van der Waals surface area contributed by atoms with E-state index in [-0.39, 0.29) is 0 Å². The first kappa shape index (κ1) is 16.0. The lowest BCUT2D eigenvalue weighted by Gasteiger charge is -2.23. The Kier molecular flexibility index (Phi) is 4.11. The van der Waals surface area contributed by atoms with E-state index in [1.807, 2.05) is 0 Å². The molecule has 0 nitrogen and oxygen atoms in total. The quantitative estimate of drug-likeness (QED) is 0.577. The first-order chi connectivity index (χ1) is 10.3. The smallest absolute Gasteiger partial charge is 0.0209 e. The average molecular weight is 329 g/mol. The monoisotopic (exact) mass is 328 g/mol. The SMILES string of the molecule is Cc1ccc2c(c1)C(C)CC2c1c(C)c(C)c(S)c(S)c1C. The minimum Gasteiger partial charge on any atom is -0.142 e. The molecule has 0 saturated carbocycles. The molecule has 1 aliphatic carbocycles. The zero-order valence-corrected chi connectivity index (χ0v) is 15.8. The van der Waals surface area contributed by atoms with Crippen molar-refractivity contribution in [2.45, 2.75) is 62.7 Å². The summed E-state index contributed by atoms with van der Waals surface area (Å²) in [6, 6.07) is 6.95. The van der Waals surface area contributed by atoms with E-state index in [0.29, 0.717) is 11.8 Å². The van der Waals surface area contributed by atoms with Gasteiger partial charge in [0.05, 0.1) is 0 Å². The van der Waals surface area contributed by atoms with Crippen LogP contribution in [0.4, 0.5) is 0 Å². The summed E-state index contributed by atoms with van der Waals surface area (Å²) in [6.07, 6.45) is 1.19. The second-order valence-electron chi connectivity index (χ2n) is 6.81. The Bertz CT molecular complexity index is 730. The molecule has 3 rings (SSSR count). The Morgan fingerprint density at radius 1 is 0.864 bits per heavy atom. The first-order valence-corrected chi connectivity index (χ1v) is 8.84. The number of benzene rings is 2. The molecule has 116 valence electrons. The van der Waals surface area contributed by atoms with Gasteiger partial charge < -0.3 is 0 Å². The fourth-order valence-corrected chi connectivity index (χ4v) is 4.61. The third kappa shape index (κ3) is 2.32. The second-order valence-corrected chi connectivity index (χ2v) is 7.70. The summed E-state index contributed by atoms with van der Waals surface area (Å²) >= 11 is 9.37. The lowest BCUT2D eigenvalue weighted by molar-refractivity contribution is 0.677. The van der Waals surface area contributed by atoms with E-state index in [9.17, 15) is 0 Å². The van der Waals surface area contributed by atoms with Crippen molar-refractivity contribution in [3.8, 4) is 0 Å². The van der Waals surface area contributed by atoms with Crippen LogP contribution in [-0.4, -0.2) is 0 Å². The highest BCUT2D eigenvalue weighted by Crippen LogP contribution is 2.48. The van der Waals surface area contributed by atoms with Crippen LogP contribution in [0.1, 0.15) is 64.1 Å². The van der Waals surface area contributed by atoms with E-state index in [1.165, 1.54) is 45.4 Å². The molecule has 2 aromatic carbocycles. The number of thiol groups is 2. The molecule has 2 heteroatoms. The number of aryl methyl sites for hydroxylation is 1. The van der Waals surface area contributed by atoms with Gasteiger partial charge in [-0.1, -0.05) is 30.7 Å². The van der Waals surface area contributed by atoms with Gasteiger partial charge in [0.1, 0.15) is 0 Å². The molecular formula is C20H24S2. The summed E-state index contributed by atoms with van der Waals surface area (Å²) in [5.41, 5.74) is 9.79. The second kappa shape index (κ2) is 5.65. The van der Waals surface area contributed by atoms with Crippen molar-refractivity contribution in [3.63, 3.8) is 0 Å². The van der Waals surface area contributed by atoms with Crippen molar-refractivity contribution < 1.29 is 0 Å². The van der Waals surface area contributed by atoms with Crippen LogP contribution in [0.15, 0.2) is 28.0 Å². The molecule has 0 radical (unpaired) electrons. The fourth-order valence-electron chi connectivity index (χ4n) is 3.99. The number of rotatable bonds is 1. The fraction of sp³-hybridized carbons (Fsp3) is 0.400. The summed E-state index contributed by atoms with van der Waals surface area (Å²) in [4.78, 5) is 2.06. The van der Waals surface area contributed by atoms with E-state index in [1.54, 1.807) is 0 Å². The van der Waals surface area contributed by atoms with Crippen LogP contribution in [0, 0.1) is 27.7 Å². The highest BCUT2D eigenvalue weighted by atomic mass is 32.1. The van der Waals surface area contributed by atoms with Gasteiger partial charge >= 0.3 is 0 Å². The Morgan fingerprint density at radius 3 is 2.18 bits per heavy atom. The van der Waals surface area contributed by atoms with Gasteiger partial charge in [-0.2, -0.15) is 0 Å². The molecule has 0 aliphatic heterocycles. The van der Waals surface area contributed by atoms with Crippen LogP contribution in [-0.2, 0) is 0 Å². The minimum atomic E-state index is 0.490. The number of fused-ring (bicyclic) bond motifs is 1. The summed E-state index contributed by atoms with van der Waals surface area (Å²) in [5.74, 6) is 1.11. The van der Waals surface area contributed by atoms with Crippen LogP contribution in [0.25, 0.3) is 0 Å². The van der Waals surface area contributed by atoms with Crippen molar-refractivity contribution >= 4 is 25.3 Å². The van der Waals surface area contributed by atoms with Crippen LogP contribution < -0.4 is 0 Å². The molecule has 0 N–H and O–H groups in total. The minimum absolute atomic E-state index is 0.490. The van der Waals surface area contributed by atoms with Crippen LogP contribution in [0.3, 0.4) is 0 Å². The van der Waals surface area contributed by atoms with Crippen molar-refractivity contribution in [2.75, 3.05) is 0 Å². The molecule has 0 heterocycles. The standard InChI is InChI=1S/C20H24S2/c1-10-6-7-15-16(8-10)11(2)9-17(15)18-12(3)13(4)19(21)20(22)14(18)5/h6-8,11,17,21-22H,9H2,1-5H3. The molecule has 0 aromatic heterocycles. The van der Waals surface area contributed by atoms with E-state index < -0.39 is 0 Å². The van der Waals surface area contributed by atoms with Gasteiger partial charge in [-0.05, 0) is 73.4 Å². The molecule has 2 unspecified atom stereocenters. The van der Waals surface area contributed by atoms with Crippen molar-refractivity contribution in [2.24, 2.45) is 0 Å². The molecule has 0 bridgehead atoms. The van der Waals surface area contributed by atoms with Crippen LogP contribution >= 0.6 is 25.3 Å². The maximum Gasteiger partial charge on any atom is 0.0209 e. The van der Waals surface area contributed by atoms with Gasteiger partial charge in [-0.25, -0.2) is 0 Å². The Labute approximate surface area is 145 Å². The Balaban J connectivity index is 2.23. The molecule has 2 aromatic rings. The molecule has 0 spiro atoms. The predicted octanol–water partition coefficient (Wildman–Crippen LogP) is 6.14. The van der Waals surface area contributed by atoms with Crippen LogP contribution in [0.2, 0.25) is 0 Å². The number of hydrogen-bond donors (Lipinski definition) is 2. The summed E-state index contributed by atoms with van der Waals surface area (Å²) in [5, 5.41) is 0. The van der Waals surface area contributed by atoms with E-state index in [0.717, 1.165) is 9.79 Å². The number of hydrogen-bond acceptors (Lipinski definition) is 2.